The van der Waals surface area contributed by atoms with E-state index in [1.807, 2.05) is 32.0 Å². The van der Waals surface area contributed by atoms with Gasteiger partial charge in [0.25, 0.3) is 0 Å². The smallest absolute Gasteiger partial charge is 0.221 e. The molecule has 5 nitrogen and oxygen atoms in total. The number of rotatable bonds is 8. The van der Waals surface area contributed by atoms with Gasteiger partial charge in [0, 0.05) is 22.4 Å². The van der Waals surface area contributed by atoms with E-state index >= 15 is 0 Å². The standard InChI is InChI=1S/C21H26N2O3S2/c1-12(2)22-16-10-20(13(3)8-18(16)25-6)27-28-21-11-17(23-15(5)24)19(26-7)9-14(21)4/h8-11,22H,1H2,2-7H3,(H,23,24). The molecule has 150 valence electrons. The molecule has 7 heteroatoms. The number of hydrogen-bond donors (Lipinski definition) is 2. The van der Waals surface area contributed by atoms with Crippen LogP contribution in [0.15, 0.2) is 46.3 Å². The third-order valence-corrected chi connectivity index (χ3v) is 6.52. The highest BCUT2D eigenvalue weighted by molar-refractivity contribution is 8.76. The third kappa shape index (κ3) is 5.62. The second kappa shape index (κ2) is 9.80. The minimum Gasteiger partial charge on any atom is -0.495 e. The van der Waals surface area contributed by atoms with Crippen molar-refractivity contribution in [3.05, 3.63) is 47.7 Å². The molecule has 0 aliphatic rings. The Morgan fingerprint density at radius 2 is 1.29 bits per heavy atom. The molecule has 0 fully saturated rings. The average molecular weight is 419 g/mol. The van der Waals surface area contributed by atoms with Crippen LogP contribution in [-0.4, -0.2) is 20.1 Å². The van der Waals surface area contributed by atoms with Crippen molar-refractivity contribution in [2.45, 2.75) is 37.5 Å². The molecule has 1 amide bonds. The van der Waals surface area contributed by atoms with Gasteiger partial charge >= 0.3 is 0 Å². The Morgan fingerprint density at radius 3 is 1.64 bits per heavy atom. The van der Waals surface area contributed by atoms with Crippen LogP contribution < -0.4 is 20.1 Å². The molecule has 2 rings (SSSR count). The molecular formula is C21H26N2O3S2. The van der Waals surface area contributed by atoms with Gasteiger partial charge in [0.2, 0.25) is 5.91 Å². The Labute approximate surface area is 174 Å². The van der Waals surface area contributed by atoms with Crippen molar-refractivity contribution in [1.82, 2.24) is 0 Å². The van der Waals surface area contributed by atoms with E-state index in [9.17, 15) is 4.79 Å². The van der Waals surface area contributed by atoms with Gasteiger partial charge in [0.05, 0.1) is 25.6 Å². The van der Waals surface area contributed by atoms with Gasteiger partial charge in [-0.05, 0) is 56.2 Å². The molecule has 2 aromatic rings. The summed E-state index contributed by atoms with van der Waals surface area (Å²) >= 11 is 0. The van der Waals surface area contributed by atoms with Crippen molar-refractivity contribution in [2.75, 3.05) is 24.9 Å². The molecular weight excluding hydrogens is 392 g/mol. The van der Waals surface area contributed by atoms with Crippen LogP contribution in [0.5, 0.6) is 11.5 Å². The molecule has 0 spiro atoms. The minimum absolute atomic E-state index is 0.132. The van der Waals surface area contributed by atoms with E-state index in [4.69, 9.17) is 9.47 Å². The molecule has 0 saturated heterocycles. The fraction of sp³-hybridized carbons (Fsp3) is 0.286. The minimum atomic E-state index is -0.132. The second-order valence-electron chi connectivity index (χ2n) is 6.39. The summed E-state index contributed by atoms with van der Waals surface area (Å²) in [6.45, 7) is 11.4. The van der Waals surface area contributed by atoms with E-state index in [-0.39, 0.29) is 5.91 Å². The van der Waals surface area contributed by atoms with Gasteiger partial charge in [-0.3, -0.25) is 4.79 Å². The summed E-state index contributed by atoms with van der Waals surface area (Å²) in [4.78, 5) is 13.7. The van der Waals surface area contributed by atoms with Gasteiger partial charge < -0.3 is 20.1 Å². The SMILES string of the molecule is C=C(C)Nc1cc(SSc2cc(NC(C)=O)c(OC)cc2C)c(C)cc1OC. The zero-order chi connectivity index (χ0) is 20.8. The van der Waals surface area contributed by atoms with Gasteiger partial charge in [-0.1, -0.05) is 28.2 Å². The summed E-state index contributed by atoms with van der Waals surface area (Å²) in [7, 11) is 6.54. The lowest BCUT2D eigenvalue weighted by Gasteiger charge is -2.16. The topological polar surface area (TPSA) is 59.6 Å². The third-order valence-electron chi connectivity index (χ3n) is 3.87. The van der Waals surface area contributed by atoms with Crippen LogP contribution >= 0.6 is 21.6 Å². The number of carbonyl (C=O) groups is 1. The molecule has 0 aliphatic carbocycles. The summed E-state index contributed by atoms with van der Waals surface area (Å²) in [6, 6.07) is 7.95. The molecule has 0 aliphatic heterocycles. The van der Waals surface area contributed by atoms with Crippen LogP contribution in [-0.2, 0) is 4.79 Å². The Bertz CT molecular complexity index is 824. The zero-order valence-electron chi connectivity index (χ0n) is 17.1. The average Bonchev–Trinajstić information content (AvgIpc) is 2.62. The largest absolute Gasteiger partial charge is 0.495 e. The monoisotopic (exact) mass is 418 g/mol. The molecule has 2 N–H and O–H groups in total. The number of nitrogens with one attached hydrogen (secondary N) is 2. The molecule has 2 aromatic carbocycles. The van der Waals surface area contributed by atoms with Crippen LogP contribution in [0.3, 0.4) is 0 Å². The van der Waals surface area contributed by atoms with Gasteiger partial charge in [-0.25, -0.2) is 0 Å². The number of ether oxygens (including phenoxy) is 2. The van der Waals surface area contributed by atoms with E-state index in [1.165, 1.54) is 6.92 Å². The van der Waals surface area contributed by atoms with Gasteiger partial charge in [0.1, 0.15) is 11.5 Å². The predicted octanol–water partition coefficient (Wildman–Crippen LogP) is 6.02. The number of anilines is 2. The Morgan fingerprint density at radius 1 is 0.857 bits per heavy atom. The van der Waals surface area contributed by atoms with Crippen LogP contribution in [0.2, 0.25) is 0 Å². The van der Waals surface area contributed by atoms with E-state index < -0.39 is 0 Å². The van der Waals surface area contributed by atoms with Gasteiger partial charge in [-0.15, -0.1) is 0 Å². The first-order chi connectivity index (χ1) is 13.2. The summed E-state index contributed by atoms with van der Waals surface area (Å²) in [5, 5.41) is 6.07. The number of aryl methyl sites for hydroxylation is 2. The number of allylic oxidation sites excluding steroid dienone is 1. The lowest BCUT2D eigenvalue weighted by Crippen LogP contribution is -2.07. The van der Waals surface area contributed by atoms with Crippen LogP contribution in [0.25, 0.3) is 0 Å². The van der Waals surface area contributed by atoms with Crippen LogP contribution in [0, 0.1) is 13.8 Å². The quantitative estimate of drug-likeness (QED) is 0.511. The summed E-state index contributed by atoms with van der Waals surface area (Å²) in [5.41, 5.74) is 4.59. The molecule has 28 heavy (non-hydrogen) atoms. The summed E-state index contributed by atoms with van der Waals surface area (Å²) in [5.74, 6) is 1.30. The summed E-state index contributed by atoms with van der Waals surface area (Å²) in [6.07, 6.45) is 0. The van der Waals surface area contributed by atoms with E-state index in [0.717, 1.165) is 38.1 Å². The van der Waals surface area contributed by atoms with Crippen molar-refractivity contribution >= 4 is 38.9 Å². The first-order valence-corrected chi connectivity index (χ1v) is 10.8. The molecule has 0 aromatic heterocycles. The number of benzene rings is 2. The molecule has 0 saturated carbocycles. The molecule has 0 radical (unpaired) electrons. The Balaban J connectivity index is 2.30. The lowest BCUT2D eigenvalue weighted by atomic mass is 10.2. The van der Waals surface area contributed by atoms with E-state index in [1.54, 1.807) is 35.8 Å². The fourth-order valence-electron chi connectivity index (χ4n) is 2.55. The van der Waals surface area contributed by atoms with Crippen molar-refractivity contribution in [1.29, 1.82) is 0 Å². The molecule has 0 unspecified atom stereocenters. The first-order valence-electron chi connectivity index (χ1n) is 8.67. The summed E-state index contributed by atoms with van der Waals surface area (Å²) < 4.78 is 10.8. The molecule has 0 bridgehead atoms. The molecule has 0 atom stereocenters. The maximum Gasteiger partial charge on any atom is 0.221 e. The van der Waals surface area contributed by atoms with Crippen molar-refractivity contribution in [2.24, 2.45) is 0 Å². The molecule has 0 heterocycles. The fourth-order valence-corrected chi connectivity index (χ4v) is 5.05. The maximum absolute atomic E-state index is 11.5. The first kappa shape index (κ1) is 22.0. The normalized spacial score (nSPS) is 10.4. The number of methoxy groups -OCH3 is 2. The van der Waals surface area contributed by atoms with Gasteiger partial charge in [-0.2, -0.15) is 0 Å². The van der Waals surface area contributed by atoms with Crippen molar-refractivity contribution < 1.29 is 14.3 Å². The number of hydrogen-bond acceptors (Lipinski definition) is 6. The maximum atomic E-state index is 11.5. The second-order valence-corrected chi connectivity index (χ2v) is 8.60. The zero-order valence-corrected chi connectivity index (χ0v) is 18.7. The highest BCUT2D eigenvalue weighted by Crippen LogP contribution is 2.45. The number of amides is 1. The Hall–Kier alpha value is -2.25. The Kier molecular flexibility index (Phi) is 7.71. The predicted molar refractivity (Wildman–Crippen MR) is 120 cm³/mol. The van der Waals surface area contributed by atoms with Crippen molar-refractivity contribution in [3.8, 4) is 11.5 Å². The van der Waals surface area contributed by atoms with Crippen molar-refractivity contribution in [3.63, 3.8) is 0 Å². The highest BCUT2D eigenvalue weighted by Gasteiger charge is 2.13. The van der Waals surface area contributed by atoms with E-state index in [2.05, 4.69) is 30.2 Å². The van der Waals surface area contributed by atoms with Gasteiger partial charge in [0.15, 0.2) is 0 Å². The highest BCUT2D eigenvalue weighted by atomic mass is 33.1. The number of carbonyl (C=O) groups excluding carboxylic acids is 1. The van der Waals surface area contributed by atoms with Crippen LogP contribution in [0.1, 0.15) is 25.0 Å². The van der Waals surface area contributed by atoms with E-state index in [0.29, 0.717) is 11.4 Å². The van der Waals surface area contributed by atoms with Crippen LogP contribution in [0.4, 0.5) is 11.4 Å². The lowest BCUT2D eigenvalue weighted by molar-refractivity contribution is -0.114.